The van der Waals surface area contributed by atoms with E-state index in [1.165, 1.54) is 0 Å². The second-order valence-electron chi connectivity index (χ2n) is 15.0. The van der Waals surface area contributed by atoms with E-state index in [0.717, 1.165) is 32.0 Å². The van der Waals surface area contributed by atoms with Crippen LogP contribution in [-0.2, 0) is 26.5 Å². The molecule has 0 spiro atoms. The Labute approximate surface area is 259 Å². The van der Waals surface area contributed by atoms with E-state index in [-0.39, 0.29) is 32.3 Å². The van der Waals surface area contributed by atoms with E-state index >= 15 is 0 Å². The maximum atomic E-state index is 11.4. The van der Waals surface area contributed by atoms with Crippen LogP contribution in [0.1, 0.15) is 133 Å². The Morgan fingerprint density at radius 2 is 0.927 bits per heavy atom. The minimum atomic E-state index is -0.983. The van der Waals surface area contributed by atoms with Crippen LogP contribution in [0.4, 0.5) is 0 Å². The van der Waals surface area contributed by atoms with E-state index in [2.05, 4.69) is 121 Å². The number of aromatic hydroxyl groups is 1. The lowest BCUT2D eigenvalue weighted by Gasteiger charge is -2.32. The van der Waals surface area contributed by atoms with Gasteiger partial charge in [-0.25, -0.2) is 4.79 Å². The maximum absolute atomic E-state index is 11.4. The van der Waals surface area contributed by atoms with Gasteiger partial charge in [-0.3, -0.25) is 0 Å². The number of carbonyl (C=O) groups is 1. The smallest absolute Gasteiger partial charge is 0.341 e. The summed E-state index contributed by atoms with van der Waals surface area (Å²) in [4.78, 5) is 13.6. The number of benzene rings is 2. The number of carboxylic acids is 1. The van der Waals surface area contributed by atoms with Gasteiger partial charge in [0.05, 0.1) is 4.08 Å². The van der Waals surface area contributed by atoms with Crippen LogP contribution in [0.2, 0.25) is 0 Å². The zero-order chi connectivity index (χ0) is 32.4. The Morgan fingerprint density at radius 3 is 1.20 bits per heavy atom. The van der Waals surface area contributed by atoms with Gasteiger partial charge in [0.25, 0.3) is 0 Å². The third-order valence-corrected chi connectivity index (χ3v) is 8.87. The highest BCUT2D eigenvalue weighted by atomic mass is 32.2. The molecule has 0 aliphatic carbocycles. The first-order chi connectivity index (χ1) is 18.3. The molecule has 2 N–H and O–H groups in total. The molecule has 2 aromatic carbocycles. The van der Waals surface area contributed by atoms with Gasteiger partial charge in [-0.1, -0.05) is 96.9 Å². The molecule has 0 amide bonds. The number of aliphatic carboxylic acids is 1. The number of thioether (sulfide) groups is 2. The fraction of sp³-hybridized carbons (Fsp3) is 0.629. The zero-order valence-electron chi connectivity index (χ0n) is 28.5. The van der Waals surface area contributed by atoms with Crippen molar-refractivity contribution in [2.75, 3.05) is 6.61 Å². The van der Waals surface area contributed by atoms with Crippen LogP contribution in [0, 0.1) is 0 Å². The van der Waals surface area contributed by atoms with Crippen molar-refractivity contribution in [2.24, 2.45) is 0 Å². The van der Waals surface area contributed by atoms with Gasteiger partial charge in [-0.15, -0.1) is 23.5 Å². The van der Waals surface area contributed by atoms with Crippen molar-refractivity contribution >= 4 is 29.5 Å². The highest BCUT2D eigenvalue weighted by Gasteiger charge is 2.32. The largest absolute Gasteiger partial charge is 0.507 e. The molecule has 41 heavy (non-hydrogen) atoms. The van der Waals surface area contributed by atoms with E-state index in [4.69, 9.17) is 4.74 Å². The first kappa shape index (κ1) is 37.2. The lowest BCUT2D eigenvalue weighted by molar-refractivity contribution is -0.139. The summed E-state index contributed by atoms with van der Waals surface area (Å²) in [5, 5.41) is 20.5. The third kappa shape index (κ3) is 10.5. The molecular formula is C35H56O4S2. The Bertz CT molecular complexity index is 1130. The molecule has 2 rings (SSSR count). The van der Waals surface area contributed by atoms with E-state index < -0.39 is 5.97 Å². The molecule has 4 nitrogen and oxygen atoms in total. The quantitative estimate of drug-likeness (QED) is 0.242. The number of rotatable bonds is 7. The number of hydrogen-bond donors (Lipinski definition) is 2. The van der Waals surface area contributed by atoms with Gasteiger partial charge in [0.2, 0.25) is 0 Å². The highest BCUT2D eigenvalue weighted by molar-refractivity contribution is 8.18. The van der Waals surface area contributed by atoms with Crippen LogP contribution in [0.3, 0.4) is 0 Å². The van der Waals surface area contributed by atoms with Gasteiger partial charge < -0.3 is 14.9 Å². The molecule has 0 heterocycles. The van der Waals surface area contributed by atoms with E-state index in [1.807, 2.05) is 13.8 Å². The summed E-state index contributed by atoms with van der Waals surface area (Å²) in [6, 6.07) is 8.61. The average Bonchev–Trinajstić information content (AvgIpc) is 2.76. The third-order valence-electron chi connectivity index (χ3n) is 6.45. The molecule has 6 heteroatoms. The fourth-order valence-corrected chi connectivity index (χ4v) is 7.05. The number of phenolic OH excluding ortho intramolecular Hbond substituents is 1. The first-order valence-corrected chi connectivity index (χ1v) is 16.3. The van der Waals surface area contributed by atoms with E-state index in [1.54, 1.807) is 23.5 Å². The lowest BCUT2D eigenvalue weighted by Crippen LogP contribution is -2.22. The van der Waals surface area contributed by atoms with E-state index in [9.17, 15) is 15.0 Å². The van der Waals surface area contributed by atoms with Crippen LogP contribution in [0.25, 0.3) is 0 Å². The van der Waals surface area contributed by atoms with Crippen molar-refractivity contribution in [3.05, 3.63) is 46.5 Å². The Balaban J connectivity index is 0.00000411. The summed E-state index contributed by atoms with van der Waals surface area (Å²) >= 11 is 3.59. The van der Waals surface area contributed by atoms with Gasteiger partial charge in [0, 0.05) is 32.0 Å². The van der Waals surface area contributed by atoms with Crippen LogP contribution < -0.4 is 4.74 Å². The second-order valence-corrected chi connectivity index (χ2v) is 18.7. The summed E-state index contributed by atoms with van der Waals surface area (Å²) in [7, 11) is 0. The summed E-state index contributed by atoms with van der Waals surface area (Å²) in [5.74, 6) is 0.0885. The van der Waals surface area contributed by atoms with Gasteiger partial charge >= 0.3 is 5.97 Å². The molecule has 0 atom stereocenters. The number of ether oxygens (including phenoxy) is 1. The van der Waals surface area contributed by atoms with Crippen molar-refractivity contribution < 1.29 is 19.7 Å². The Kier molecular flexibility index (Phi) is 12.0. The molecule has 0 saturated heterocycles. The van der Waals surface area contributed by atoms with Gasteiger partial charge in [-0.05, 0) is 59.8 Å². The molecular weight excluding hydrogens is 549 g/mol. The number of phenols is 1. The monoisotopic (exact) mass is 604 g/mol. The lowest BCUT2D eigenvalue weighted by atomic mass is 9.79. The highest BCUT2D eigenvalue weighted by Crippen LogP contribution is 2.51. The fourth-order valence-electron chi connectivity index (χ4n) is 4.46. The predicted octanol–water partition coefficient (Wildman–Crippen LogP) is 10.7. The Hall–Kier alpha value is -1.79. The van der Waals surface area contributed by atoms with Crippen molar-refractivity contribution in [3.8, 4) is 11.5 Å². The zero-order valence-corrected chi connectivity index (χ0v) is 30.2. The minimum absolute atomic E-state index is 0.188. The van der Waals surface area contributed by atoms with Crippen LogP contribution >= 0.6 is 23.5 Å². The molecule has 0 radical (unpaired) electrons. The van der Waals surface area contributed by atoms with Crippen LogP contribution in [0.5, 0.6) is 11.5 Å². The summed E-state index contributed by atoms with van der Waals surface area (Å²) < 4.78 is 5.70. The molecule has 0 aliphatic heterocycles. The molecule has 0 aromatic heterocycles. The molecule has 0 fully saturated rings. The van der Waals surface area contributed by atoms with Crippen LogP contribution in [0.15, 0.2) is 34.1 Å². The summed E-state index contributed by atoms with van der Waals surface area (Å²) in [6.07, 6.45) is 0. The topological polar surface area (TPSA) is 66.8 Å². The van der Waals surface area contributed by atoms with Gasteiger partial charge in [-0.2, -0.15) is 0 Å². The normalized spacial score (nSPS) is 13.0. The Morgan fingerprint density at radius 1 is 0.634 bits per heavy atom. The average molecular weight is 605 g/mol. The minimum Gasteiger partial charge on any atom is -0.507 e. The van der Waals surface area contributed by atoms with Crippen molar-refractivity contribution in [2.45, 2.75) is 146 Å². The number of carboxylic acid groups (broad SMARTS) is 1. The molecule has 0 bridgehead atoms. The van der Waals surface area contributed by atoms with Crippen LogP contribution in [-0.4, -0.2) is 26.9 Å². The summed E-state index contributed by atoms with van der Waals surface area (Å²) in [5.41, 5.74) is 3.10. The number of hydrogen-bond acceptors (Lipinski definition) is 5. The summed E-state index contributed by atoms with van der Waals surface area (Å²) in [6.45, 7) is 33.7. The molecule has 2 aromatic rings. The second kappa shape index (κ2) is 13.2. The van der Waals surface area contributed by atoms with Crippen molar-refractivity contribution in [1.82, 2.24) is 0 Å². The molecule has 0 unspecified atom stereocenters. The standard InChI is InChI=1S/C33H50O4S2.C2H6/c1-29(2,3)22-15-20(16-23(27(22)36)30(4,5)6)38-33(13,14)39-21-17-24(31(7,8)9)28(37-19-26(34)35)25(18-21)32(10,11)12;1-2/h15-18,36H,19H2,1-14H3,(H,34,35);1-2H3. The van der Waals surface area contributed by atoms with Gasteiger partial charge in [0.15, 0.2) is 6.61 Å². The molecule has 0 saturated carbocycles. The van der Waals surface area contributed by atoms with Crippen molar-refractivity contribution in [3.63, 3.8) is 0 Å². The van der Waals surface area contributed by atoms with Gasteiger partial charge in [0.1, 0.15) is 11.5 Å². The first-order valence-electron chi connectivity index (χ1n) is 14.6. The molecule has 232 valence electrons. The van der Waals surface area contributed by atoms with E-state index in [0.29, 0.717) is 11.5 Å². The van der Waals surface area contributed by atoms with Crippen molar-refractivity contribution in [1.29, 1.82) is 0 Å². The predicted molar refractivity (Wildman–Crippen MR) is 180 cm³/mol. The maximum Gasteiger partial charge on any atom is 0.341 e. The SMILES string of the molecule is CC.CC(C)(Sc1cc(C(C)(C)C)c(O)c(C(C)(C)C)c1)Sc1cc(C(C)(C)C)c(OCC(=O)O)c(C(C)(C)C)c1. The molecule has 0 aliphatic rings.